The van der Waals surface area contributed by atoms with Crippen molar-refractivity contribution in [2.45, 2.75) is 33.2 Å². The first kappa shape index (κ1) is 11.4. The summed E-state index contributed by atoms with van der Waals surface area (Å²) in [7, 11) is 1.42. The minimum absolute atomic E-state index is 0.0519. The second-order valence-corrected chi connectivity index (χ2v) is 3.14. The highest BCUT2D eigenvalue weighted by atomic mass is 16.5. The highest BCUT2D eigenvalue weighted by molar-refractivity contribution is 5.71. The van der Waals surface area contributed by atoms with Crippen molar-refractivity contribution in [3.05, 3.63) is 0 Å². The maximum absolute atomic E-state index is 11.0. The average Bonchev–Trinajstić information content (AvgIpc) is 2.11. The predicted octanol–water partition coefficient (Wildman–Crippen LogP) is 1.18. The lowest BCUT2D eigenvalue weighted by molar-refractivity contribution is -0.144. The molecular formula is C9H19NO2. The summed E-state index contributed by atoms with van der Waals surface area (Å²) < 4.78 is 4.60. The number of carbonyl (C=O) groups is 1. The zero-order valence-corrected chi connectivity index (χ0v) is 8.39. The Morgan fingerprint density at radius 2 is 2.08 bits per heavy atom. The van der Waals surface area contributed by atoms with Gasteiger partial charge in [-0.05, 0) is 13.3 Å². The molecule has 0 rings (SSSR count). The van der Waals surface area contributed by atoms with Gasteiger partial charge in [0.1, 0.15) is 0 Å². The van der Waals surface area contributed by atoms with Crippen LogP contribution in [0.2, 0.25) is 0 Å². The van der Waals surface area contributed by atoms with Gasteiger partial charge in [0.15, 0.2) is 0 Å². The Kier molecular flexibility index (Phi) is 5.72. The first-order chi connectivity index (χ1) is 5.61. The molecule has 0 aliphatic carbocycles. The monoisotopic (exact) mass is 173 g/mol. The number of hydrogen-bond donors (Lipinski definition) is 1. The van der Waals surface area contributed by atoms with Crippen LogP contribution in [0.4, 0.5) is 0 Å². The number of esters is 1. The summed E-state index contributed by atoms with van der Waals surface area (Å²) in [5, 5.41) is 3.25. The zero-order valence-electron chi connectivity index (χ0n) is 8.39. The van der Waals surface area contributed by atoms with Crippen molar-refractivity contribution in [2.24, 2.45) is 5.92 Å². The lowest BCUT2D eigenvalue weighted by Crippen LogP contribution is -2.33. The van der Waals surface area contributed by atoms with Gasteiger partial charge < -0.3 is 10.1 Å². The highest BCUT2D eigenvalue weighted by Gasteiger charge is 2.12. The predicted molar refractivity (Wildman–Crippen MR) is 48.9 cm³/mol. The minimum atomic E-state index is -0.147. The fraction of sp³-hybridized carbons (Fsp3) is 0.889. The van der Waals surface area contributed by atoms with Gasteiger partial charge in [-0.2, -0.15) is 0 Å². The van der Waals surface area contributed by atoms with E-state index >= 15 is 0 Å². The molecule has 0 aromatic carbocycles. The van der Waals surface area contributed by atoms with Crippen molar-refractivity contribution < 1.29 is 9.53 Å². The topological polar surface area (TPSA) is 38.3 Å². The molecular weight excluding hydrogens is 154 g/mol. The Morgan fingerprint density at radius 3 is 2.50 bits per heavy atom. The molecule has 0 bridgehead atoms. The molecule has 0 aromatic heterocycles. The van der Waals surface area contributed by atoms with E-state index in [1.807, 2.05) is 6.92 Å². The lowest BCUT2D eigenvalue weighted by atomic mass is 10.1. The van der Waals surface area contributed by atoms with Crippen molar-refractivity contribution in [3.63, 3.8) is 0 Å². The molecule has 0 saturated carbocycles. The number of hydrogen-bond acceptors (Lipinski definition) is 3. The molecule has 0 aromatic rings. The number of ether oxygens (including phenoxy) is 1. The Balaban J connectivity index is 3.56. The van der Waals surface area contributed by atoms with E-state index in [1.54, 1.807) is 0 Å². The van der Waals surface area contributed by atoms with Crippen LogP contribution in [0.1, 0.15) is 27.2 Å². The molecule has 0 amide bonds. The van der Waals surface area contributed by atoms with Crippen LogP contribution in [-0.2, 0) is 9.53 Å². The number of carbonyl (C=O) groups excluding carboxylic acids is 1. The summed E-state index contributed by atoms with van der Waals surface area (Å²) in [4.78, 5) is 11.0. The molecule has 0 unspecified atom stereocenters. The van der Waals surface area contributed by atoms with E-state index in [2.05, 4.69) is 23.9 Å². The van der Waals surface area contributed by atoms with E-state index in [0.717, 1.165) is 6.42 Å². The van der Waals surface area contributed by atoms with Gasteiger partial charge in [0.2, 0.25) is 0 Å². The fourth-order valence-electron chi connectivity index (χ4n) is 0.807. The molecule has 1 N–H and O–H groups in total. The van der Waals surface area contributed by atoms with Crippen LogP contribution in [0.3, 0.4) is 0 Å². The van der Waals surface area contributed by atoms with Gasteiger partial charge in [0, 0.05) is 12.6 Å². The molecule has 0 spiro atoms. The summed E-state index contributed by atoms with van der Waals surface area (Å²) >= 11 is 0. The van der Waals surface area contributed by atoms with Crippen molar-refractivity contribution >= 4 is 5.97 Å². The fourth-order valence-corrected chi connectivity index (χ4v) is 0.807. The third kappa shape index (κ3) is 4.34. The van der Waals surface area contributed by atoms with E-state index < -0.39 is 0 Å². The maximum Gasteiger partial charge on any atom is 0.309 e. The van der Waals surface area contributed by atoms with Crippen LogP contribution in [0.5, 0.6) is 0 Å². The van der Waals surface area contributed by atoms with Gasteiger partial charge in [-0.15, -0.1) is 0 Å². The summed E-state index contributed by atoms with van der Waals surface area (Å²) in [6.45, 7) is 6.77. The summed E-state index contributed by atoms with van der Waals surface area (Å²) in [6.07, 6.45) is 1.08. The largest absolute Gasteiger partial charge is 0.469 e. The molecule has 0 aliphatic rings. The summed E-state index contributed by atoms with van der Waals surface area (Å²) in [6, 6.07) is 0.470. The Morgan fingerprint density at radius 1 is 1.50 bits per heavy atom. The van der Waals surface area contributed by atoms with Crippen LogP contribution in [0, 0.1) is 5.92 Å². The molecule has 0 heterocycles. The van der Waals surface area contributed by atoms with E-state index in [1.165, 1.54) is 7.11 Å². The molecule has 72 valence electrons. The number of nitrogens with one attached hydrogen (secondary N) is 1. The molecule has 0 aliphatic heterocycles. The molecule has 0 saturated heterocycles. The van der Waals surface area contributed by atoms with E-state index in [-0.39, 0.29) is 11.9 Å². The standard InChI is InChI=1S/C9H19NO2/c1-5-8(3)10-6-7(2)9(11)12-4/h7-8,10H,5-6H2,1-4H3/t7-,8+/m1/s1. The number of methoxy groups -OCH3 is 1. The third-order valence-electron chi connectivity index (χ3n) is 1.99. The van der Waals surface area contributed by atoms with Crippen LogP contribution in [0.25, 0.3) is 0 Å². The lowest BCUT2D eigenvalue weighted by Gasteiger charge is -2.14. The van der Waals surface area contributed by atoms with Crippen molar-refractivity contribution in [3.8, 4) is 0 Å². The van der Waals surface area contributed by atoms with E-state index in [4.69, 9.17) is 0 Å². The molecule has 0 fully saturated rings. The quantitative estimate of drug-likeness (QED) is 0.634. The van der Waals surface area contributed by atoms with Crippen molar-refractivity contribution in [1.29, 1.82) is 0 Å². The third-order valence-corrected chi connectivity index (χ3v) is 1.99. The van der Waals surface area contributed by atoms with Gasteiger partial charge in [0.05, 0.1) is 13.0 Å². The molecule has 0 radical (unpaired) electrons. The zero-order chi connectivity index (χ0) is 9.56. The minimum Gasteiger partial charge on any atom is -0.469 e. The molecule has 3 nitrogen and oxygen atoms in total. The van der Waals surface area contributed by atoms with Gasteiger partial charge >= 0.3 is 5.97 Å². The van der Waals surface area contributed by atoms with Crippen molar-refractivity contribution in [2.75, 3.05) is 13.7 Å². The Labute approximate surface area is 74.5 Å². The molecule has 3 heteroatoms. The summed E-state index contributed by atoms with van der Waals surface area (Å²) in [5.41, 5.74) is 0. The van der Waals surface area contributed by atoms with Crippen LogP contribution in [-0.4, -0.2) is 25.7 Å². The molecule has 2 atom stereocenters. The first-order valence-electron chi connectivity index (χ1n) is 4.43. The summed E-state index contributed by atoms with van der Waals surface area (Å²) in [5.74, 6) is -0.199. The number of rotatable bonds is 5. The van der Waals surface area contributed by atoms with Crippen molar-refractivity contribution in [1.82, 2.24) is 5.32 Å². The second kappa shape index (κ2) is 6.00. The second-order valence-electron chi connectivity index (χ2n) is 3.14. The average molecular weight is 173 g/mol. The molecule has 12 heavy (non-hydrogen) atoms. The SMILES string of the molecule is CC[C@H](C)NC[C@@H](C)C(=O)OC. The Hall–Kier alpha value is -0.570. The van der Waals surface area contributed by atoms with E-state index in [0.29, 0.717) is 12.6 Å². The van der Waals surface area contributed by atoms with Gasteiger partial charge in [-0.25, -0.2) is 0 Å². The van der Waals surface area contributed by atoms with Gasteiger partial charge in [-0.3, -0.25) is 4.79 Å². The van der Waals surface area contributed by atoms with Crippen LogP contribution in [0.15, 0.2) is 0 Å². The van der Waals surface area contributed by atoms with Crippen LogP contribution < -0.4 is 5.32 Å². The first-order valence-corrected chi connectivity index (χ1v) is 4.43. The van der Waals surface area contributed by atoms with Gasteiger partial charge in [-0.1, -0.05) is 13.8 Å². The van der Waals surface area contributed by atoms with Gasteiger partial charge in [0.25, 0.3) is 0 Å². The normalized spacial score (nSPS) is 15.3. The highest BCUT2D eigenvalue weighted by Crippen LogP contribution is 1.97. The van der Waals surface area contributed by atoms with Crippen LogP contribution >= 0.6 is 0 Å². The smallest absolute Gasteiger partial charge is 0.309 e. The van der Waals surface area contributed by atoms with E-state index in [9.17, 15) is 4.79 Å². The maximum atomic E-state index is 11.0. The Bertz CT molecular complexity index is 136.